The molecule has 3 aromatic rings. The summed E-state index contributed by atoms with van der Waals surface area (Å²) in [5, 5.41) is 12.1. The second-order valence-electron chi connectivity index (χ2n) is 4.93. The zero-order valence-corrected chi connectivity index (χ0v) is 16.6. The van der Waals surface area contributed by atoms with Gasteiger partial charge in [-0.15, -0.1) is 10.2 Å². The van der Waals surface area contributed by atoms with Gasteiger partial charge in [-0.25, -0.2) is 0 Å². The average molecular weight is 449 g/mol. The second-order valence-corrected chi connectivity index (χ2v) is 7.52. The standard InChI is InChI=1S/C16H9Cl4N3O2S/c17-8-5-11(19)14(12(20)6-8)21-13(24)7-26-16-23-22-15(25-16)9-3-1-2-4-10(9)18/h1-6H,7H2,(H,21,24). The number of thioether (sulfide) groups is 1. The fraction of sp³-hybridized carbons (Fsp3) is 0.0625. The molecule has 0 saturated carbocycles. The fourth-order valence-electron chi connectivity index (χ4n) is 1.98. The molecule has 0 saturated heterocycles. The molecule has 0 aliphatic heterocycles. The maximum Gasteiger partial charge on any atom is 0.277 e. The van der Waals surface area contributed by atoms with E-state index >= 15 is 0 Å². The van der Waals surface area contributed by atoms with Crippen LogP contribution in [0, 0.1) is 0 Å². The molecule has 0 spiro atoms. The third-order valence-corrected chi connectivity index (χ3v) is 5.07. The molecule has 1 heterocycles. The largest absolute Gasteiger partial charge is 0.411 e. The lowest BCUT2D eigenvalue weighted by atomic mass is 10.2. The zero-order chi connectivity index (χ0) is 18.7. The molecule has 0 aliphatic carbocycles. The molecule has 1 aromatic heterocycles. The molecule has 3 rings (SSSR count). The van der Waals surface area contributed by atoms with Gasteiger partial charge >= 0.3 is 0 Å². The summed E-state index contributed by atoms with van der Waals surface area (Å²) >= 11 is 25.1. The minimum Gasteiger partial charge on any atom is -0.411 e. The SMILES string of the molecule is O=C(CSc1nnc(-c2ccccc2Cl)o1)Nc1c(Cl)cc(Cl)cc1Cl. The van der Waals surface area contributed by atoms with Crippen LogP contribution in [0.4, 0.5) is 5.69 Å². The number of amides is 1. The van der Waals surface area contributed by atoms with Crippen molar-refractivity contribution in [2.75, 3.05) is 11.1 Å². The number of aromatic nitrogens is 2. The number of hydrogen-bond donors (Lipinski definition) is 1. The number of carbonyl (C=O) groups excluding carboxylic acids is 1. The molecule has 0 atom stereocenters. The Kier molecular flexibility index (Phi) is 6.32. The lowest BCUT2D eigenvalue weighted by Crippen LogP contribution is -2.14. The average Bonchev–Trinajstić information content (AvgIpc) is 3.05. The van der Waals surface area contributed by atoms with Crippen LogP contribution in [0.1, 0.15) is 0 Å². The molecular weight excluding hydrogens is 440 g/mol. The molecule has 5 nitrogen and oxygen atoms in total. The van der Waals surface area contributed by atoms with Gasteiger partial charge in [-0.1, -0.05) is 70.3 Å². The van der Waals surface area contributed by atoms with Crippen molar-refractivity contribution < 1.29 is 9.21 Å². The summed E-state index contributed by atoms with van der Waals surface area (Å²) in [7, 11) is 0. The van der Waals surface area contributed by atoms with Crippen LogP contribution in [0.3, 0.4) is 0 Å². The van der Waals surface area contributed by atoms with Gasteiger partial charge in [0.2, 0.25) is 11.8 Å². The van der Waals surface area contributed by atoms with Crippen LogP contribution in [0.2, 0.25) is 20.1 Å². The summed E-state index contributed by atoms with van der Waals surface area (Å²) in [6.07, 6.45) is 0. The van der Waals surface area contributed by atoms with Crippen molar-refractivity contribution >= 4 is 69.8 Å². The van der Waals surface area contributed by atoms with Crippen molar-refractivity contribution in [3.8, 4) is 11.5 Å². The van der Waals surface area contributed by atoms with Crippen LogP contribution in [-0.4, -0.2) is 21.9 Å². The summed E-state index contributed by atoms with van der Waals surface area (Å²) in [5.41, 5.74) is 0.920. The monoisotopic (exact) mass is 447 g/mol. The van der Waals surface area contributed by atoms with Crippen LogP contribution in [-0.2, 0) is 4.79 Å². The van der Waals surface area contributed by atoms with E-state index in [1.165, 1.54) is 12.1 Å². The maximum atomic E-state index is 12.1. The molecule has 26 heavy (non-hydrogen) atoms. The Morgan fingerprint density at radius 2 is 1.73 bits per heavy atom. The first-order chi connectivity index (χ1) is 12.4. The van der Waals surface area contributed by atoms with Crippen molar-refractivity contribution in [1.82, 2.24) is 10.2 Å². The Balaban J connectivity index is 1.63. The van der Waals surface area contributed by atoms with Gasteiger partial charge in [0.25, 0.3) is 5.22 Å². The van der Waals surface area contributed by atoms with E-state index in [1.54, 1.807) is 18.2 Å². The molecule has 1 amide bonds. The smallest absolute Gasteiger partial charge is 0.277 e. The van der Waals surface area contributed by atoms with Gasteiger partial charge in [0.15, 0.2) is 0 Å². The van der Waals surface area contributed by atoms with Gasteiger partial charge in [-0.3, -0.25) is 4.79 Å². The third-order valence-electron chi connectivity index (χ3n) is 3.11. The van der Waals surface area contributed by atoms with E-state index in [-0.39, 0.29) is 32.8 Å². The first-order valence-corrected chi connectivity index (χ1v) is 9.59. The highest BCUT2D eigenvalue weighted by Gasteiger charge is 2.15. The molecule has 1 N–H and O–H groups in total. The number of rotatable bonds is 5. The summed E-state index contributed by atoms with van der Waals surface area (Å²) in [5.74, 6) is -0.0275. The summed E-state index contributed by atoms with van der Waals surface area (Å²) in [6, 6.07) is 10.1. The Morgan fingerprint density at radius 1 is 1.04 bits per heavy atom. The van der Waals surface area contributed by atoms with Crippen molar-refractivity contribution in [3.63, 3.8) is 0 Å². The van der Waals surface area contributed by atoms with E-state index in [4.69, 9.17) is 50.8 Å². The van der Waals surface area contributed by atoms with E-state index < -0.39 is 0 Å². The topological polar surface area (TPSA) is 68.0 Å². The quantitative estimate of drug-likeness (QED) is 0.479. The Labute approximate surface area is 173 Å². The zero-order valence-electron chi connectivity index (χ0n) is 12.8. The Morgan fingerprint density at radius 3 is 2.42 bits per heavy atom. The highest BCUT2D eigenvalue weighted by Crippen LogP contribution is 2.34. The van der Waals surface area contributed by atoms with Crippen LogP contribution < -0.4 is 5.32 Å². The molecule has 2 aromatic carbocycles. The Bertz CT molecular complexity index is 941. The van der Waals surface area contributed by atoms with Gasteiger partial charge in [-0.05, 0) is 24.3 Å². The van der Waals surface area contributed by atoms with Gasteiger partial charge in [-0.2, -0.15) is 0 Å². The number of benzene rings is 2. The van der Waals surface area contributed by atoms with E-state index in [0.717, 1.165) is 11.8 Å². The summed E-state index contributed by atoms with van der Waals surface area (Å²) in [6.45, 7) is 0. The molecule has 0 fully saturated rings. The van der Waals surface area contributed by atoms with Crippen LogP contribution >= 0.6 is 58.2 Å². The normalized spacial score (nSPS) is 10.8. The minimum atomic E-state index is -0.335. The van der Waals surface area contributed by atoms with Crippen molar-refractivity contribution in [3.05, 3.63) is 56.5 Å². The molecular formula is C16H9Cl4N3O2S. The third kappa shape index (κ3) is 4.64. The van der Waals surface area contributed by atoms with Gasteiger partial charge < -0.3 is 9.73 Å². The van der Waals surface area contributed by atoms with Gasteiger partial charge in [0.05, 0.1) is 32.1 Å². The van der Waals surface area contributed by atoms with Crippen molar-refractivity contribution in [1.29, 1.82) is 0 Å². The molecule has 134 valence electrons. The van der Waals surface area contributed by atoms with Gasteiger partial charge in [0, 0.05) is 5.02 Å². The first kappa shape index (κ1) is 19.3. The number of nitrogens with one attached hydrogen (secondary N) is 1. The molecule has 0 bridgehead atoms. The number of carbonyl (C=O) groups is 1. The lowest BCUT2D eigenvalue weighted by Gasteiger charge is -2.09. The van der Waals surface area contributed by atoms with Crippen LogP contribution in [0.25, 0.3) is 11.5 Å². The Hall–Kier alpha value is -1.44. The summed E-state index contributed by atoms with van der Waals surface area (Å²) < 4.78 is 5.52. The lowest BCUT2D eigenvalue weighted by molar-refractivity contribution is -0.113. The molecule has 0 unspecified atom stereocenters. The second kappa shape index (κ2) is 8.50. The first-order valence-electron chi connectivity index (χ1n) is 7.09. The van der Waals surface area contributed by atoms with E-state index in [1.807, 2.05) is 6.07 Å². The molecule has 10 heteroatoms. The van der Waals surface area contributed by atoms with E-state index in [2.05, 4.69) is 15.5 Å². The minimum absolute atomic E-state index is 0.0272. The maximum absolute atomic E-state index is 12.1. The predicted octanol–water partition coefficient (Wildman–Crippen LogP) is 6.08. The number of anilines is 1. The van der Waals surface area contributed by atoms with E-state index in [9.17, 15) is 4.79 Å². The van der Waals surface area contributed by atoms with Crippen LogP contribution in [0.15, 0.2) is 46.0 Å². The van der Waals surface area contributed by atoms with Crippen LogP contribution in [0.5, 0.6) is 0 Å². The molecule has 0 aliphatic rings. The summed E-state index contributed by atoms with van der Waals surface area (Å²) in [4.78, 5) is 12.1. The highest BCUT2D eigenvalue weighted by atomic mass is 35.5. The number of nitrogens with zero attached hydrogens (tertiary/aromatic N) is 2. The molecule has 0 radical (unpaired) electrons. The van der Waals surface area contributed by atoms with Gasteiger partial charge in [0.1, 0.15) is 0 Å². The van der Waals surface area contributed by atoms with Crippen molar-refractivity contribution in [2.45, 2.75) is 5.22 Å². The number of halogens is 4. The fourth-order valence-corrected chi connectivity index (χ4v) is 3.67. The highest BCUT2D eigenvalue weighted by molar-refractivity contribution is 7.99. The van der Waals surface area contributed by atoms with Crippen molar-refractivity contribution in [2.24, 2.45) is 0 Å². The van der Waals surface area contributed by atoms with E-state index in [0.29, 0.717) is 21.3 Å². The number of hydrogen-bond acceptors (Lipinski definition) is 5. The predicted molar refractivity (Wildman–Crippen MR) is 106 cm³/mol.